The molecule has 4 aromatic rings. The lowest BCUT2D eigenvalue weighted by molar-refractivity contribution is 1.33. The lowest BCUT2D eigenvalue weighted by atomic mass is 9.94. The number of nitrogens with zero attached hydrogens (tertiary/aromatic N) is 3. The number of rotatable bonds is 2. The first-order chi connectivity index (χ1) is 12.8. The van der Waals surface area contributed by atoms with Crippen molar-refractivity contribution >= 4 is 22.4 Å². The van der Waals surface area contributed by atoms with Gasteiger partial charge in [-0.1, -0.05) is 18.2 Å². The van der Waals surface area contributed by atoms with E-state index in [0.29, 0.717) is 12.3 Å². The Morgan fingerprint density at radius 3 is 2.58 bits per heavy atom. The van der Waals surface area contributed by atoms with Gasteiger partial charge in [0.2, 0.25) is 0 Å². The summed E-state index contributed by atoms with van der Waals surface area (Å²) in [6.45, 7) is 0. The van der Waals surface area contributed by atoms with Crippen molar-refractivity contribution in [1.82, 2.24) is 9.97 Å². The first kappa shape index (κ1) is 14.8. The summed E-state index contributed by atoms with van der Waals surface area (Å²) in [5, 5.41) is 1.13. The number of hydrogen-bond acceptors (Lipinski definition) is 4. The first-order valence-electron chi connectivity index (χ1n) is 8.54. The summed E-state index contributed by atoms with van der Waals surface area (Å²) in [6, 6.07) is 18.7. The minimum atomic E-state index is 0.674. The van der Waals surface area contributed by atoms with Gasteiger partial charge in [-0.25, -0.2) is 4.99 Å². The Labute approximate surface area is 151 Å². The van der Waals surface area contributed by atoms with Crippen LogP contribution in [-0.2, 0) is 6.42 Å². The van der Waals surface area contributed by atoms with Crippen LogP contribution < -0.4 is 5.73 Å². The van der Waals surface area contributed by atoms with E-state index in [0.717, 1.165) is 33.3 Å². The van der Waals surface area contributed by atoms with Crippen molar-refractivity contribution in [2.24, 2.45) is 10.7 Å². The molecule has 4 nitrogen and oxygen atoms in total. The average molecular weight is 336 g/mol. The van der Waals surface area contributed by atoms with E-state index in [-0.39, 0.29) is 0 Å². The van der Waals surface area contributed by atoms with Gasteiger partial charge in [0, 0.05) is 30.4 Å². The fourth-order valence-corrected chi connectivity index (χ4v) is 3.61. The minimum Gasteiger partial charge on any atom is -0.387 e. The monoisotopic (exact) mass is 336 g/mol. The predicted molar refractivity (Wildman–Crippen MR) is 105 cm³/mol. The standard InChI is InChI=1S/C22H16N4/c23-22-13-19-16(2-1-3-21(19)26-22)15-4-5-20-18(12-15)17(8-11-25-20)14-6-9-24-10-7-14/h1-12H,13H2,(H2,23,26). The molecule has 3 heterocycles. The Bertz CT molecular complexity index is 1160. The van der Waals surface area contributed by atoms with Gasteiger partial charge in [0.1, 0.15) is 5.84 Å². The van der Waals surface area contributed by atoms with E-state index in [1.807, 2.05) is 42.9 Å². The molecule has 0 unspecified atom stereocenters. The molecule has 1 aliphatic heterocycles. The highest BCUT2D eigenvalue weighted by Gasteiger charge is 2.17. The molecule has 2 N–H and O–H groups in total. The van der Waals surface area contributed by atoms with Crippen LogP contribution in [0.25, 0.3) is 33.2 Å². The third kappa shape index (κ3) is 2.35. The highest BCUT2D eigenvalue weighted by atomic mass is 14.9. The highest BCUT2D eigenvalue weighted by Crippen LogP contribution is 2.37. The normalized spacial score (nSPS) is 12.8. The van der Waals surface area contributed by atoms with Gasteiger partial charge in [-0.2, -0.15) is 0 Å². The van der Waals surface area contributed by atoms with E-state index < -0.39 is 0 Å². The van der Waals surface area contributed by atoms with Gasteiger partial charge in [0.25, 0.3) is 0 Å². The predicted octanol–water partition coefficient (Wildman–Crippen LogP) is 4.51. The number of hydrogen-bond donors (Lipinski definition) is 1. The molecule has 0 fully saturated rings. The molecule has 2 aromatic heterocycles. The Morgan fingerprint density at radius 2 is 1.69 bits per heavy atom. The molecule has 1 aliphatic rings. The second-order valence-electron chi connectivity index (χ2n) is 6.41. The van der Waals surface area contributed by atoms with Crippen molar-refractivity contribution in [3.63, 3.8) is 0 Å². The molecule has 5 rings (SSSR count). The molecule has 0 aliphatic carbocycles. The summed E-state index contributed by atoms with van der Waals surface area (Å²) in [4.78, 5) is 13.1. The van der Waals surface area contributed by atoms with E-state index in [1.165, 1.54) is 11.1 Å². The van der Waals surface area contributed by atoms with E-state index >= 15 is 0 Å². The molecule has 0 radical (unpaired) electrons. The van der Waals surface area contributed by atoms with E-state index in [9.17, 15) is 0 Å². The summed E-state index contributed by atoms with van der Waals surface area (Å²) in [5.74, 6) is 0.674. The molecule has 0 spiro atoms. The molecule has 124 valence electrons. The zero-order chi connectivity index (χ0) is 17.5. The quantitative estimate of drug-likeness (QED) is 0.586. The second kappa shape index (κ2) is 5.77. The van der Waals surface area contributed by atoms with E-state index in [2.05, 4.69) is 45.3 Å². The summed E-state index contributed by atoms with van der Waals surface area (Å²) in [6.07, 6.45) is 6.19. The smallest absolute Gasteiger partial charge is 0.104 e. The lowest BCUT2D eigenvalue weighted by Gasteiger charge is -2.11. The largest absolute Gasteiger partial charge is 0.387 e. The van der Waals surface area contributed by atoms with Crippen LogP contribution in [0.5, 0.6) is 0 Å². The Morgan fingerprint density at radius 1 is 0.808 bits per heavy atom. The lowest BCUT2D eigenvalue weighted by Crippen LogP contribution is -2.10. The Balaban J connectivity index is 1.72. The third-order valence-electron chi connectivity index (χ3n) is 4.82. The van der Waals surface area contributed by atoms with Crippen LogP contribution in [0.4, 0.5) is 5.69 Å². The van der Waals surface area contributed by atoms with Crippen molar-refractivity contribution in [2.45, 2.75) is 6.42 Å². The number of fused-ring (bicyclic) bond motifs is 2. The van der Waals surface area contributed by atoms with Crippen molar-refractivity contribution in [3.05, 3.63) is 78.8 Å². The average Bonchev–Trinajstić information content (AvgIpc) is 3.08. The van der Waals surface area contributed by atoms with Gasteiger partial charge in [-0.15, -0.1) is 0 Å². The third-order valence-corrected chi connectivity index (χ3v) is 4.82. The molecular formula is C22H16N4. The van der Waals surface area contributed by atoms with Crippen LogP contribution in [0.3, 0.4) is 0 Å². The van der Waals surface area contributed by atoms with Crippen LogP contribution in [0.1, 0.15) is 5.56 Å². The number of pyridine rings is 2. The van der Waals surface area contributed by atoms with Crippen LogP contribution in [0, 0.1) is 0 Å². The topological polar surface area (TPSA) is 64.2 Å². The maximum absolute atomic E-state index is 5.96. The van der Waals surface area contributed by atoms with Gasteiger partial charge < -0.3 is 5.73 Å². The van der Waals surface area contributed by atoms with E-state index in [4.69, 9.17) is 5.73 Å². The maximum Gasteiger partial charge on any atom is 0.104 e. The molecule has 0 saturated carbocycles. The number of amidine groups is 1. The molecule has 0 atom stereocenters. The molecule has 4 heteroatoms. The van der Waals surface area contributed by atoms with Crippen molar-refractivity contribution < 1.29 is 0 Å². The van der Waals surface area contributed by atoms with Crippen LogP contribution in [-0.4, -0.2) is 15.8 Å². The molecule has 0 bridgehead atoms. The first-order valence-corrected chi connectivity index (χ1v) is 8.54. The summed E-state index contributed by atoms with van der Waals surface area (Å²) in [5.41, 5.74) is 13.7. The molecule has 0 saturated heterocycles. The minimum absolute atomic E-state index is 0.674. The van der Waals surface area contributed by atoms with Gasteiger partial charge in [-0.05, 0) is 64.2 Å². The summed E-state index contributed by atoms with van der Waals surface area (Å²) >= 11 is 0. The van der Waals surface area contributed by atoms with Crippen LogP contribution in [0.15, 0.2) is 78.2 Å². The zero-order valence-electron chi connectivity index (χ0n) is 14.1. The highest BCUT2D eigenvalue weighted by molar-refractivity contribution is 5.99. The zero-order valence-corrected chi connectivity index (χ0v) is 14.1. The van der Waals surface area contributed by atoms with Crippen molar-refractivity contribution in [1.29, 1.82) is 0 Å². The number of benzene rings is 2. The SMILES string of the molecule is NC1=Nc2cccc(-c3ccc4nccc(-c5ccncc5)c4c3)c2C1. The summed E-state index contributed by atoms with van der Waals surface area (Å²) < 4.78 is 0. The molecule has 26 heavy (non-hydrogen) atoms. The van der Waals surface area contributed by atoms with Gasteiger partial charge in [0.15, 0.2) is 0 Å². The molecule has 0 amide bonds. The van der Waals surface area contributed by atoms with Crippen molar-refractivity contribution in [2.75, 3.05) is 0 Å². The Hall–Kier alpha value is -3.53. The van der Waals surface area contributed by atoms with Crippen LogP contribution in [0.2, 0.25) is 0 Å². The van der Waals surface area contributed by atoms with Gasteiger partial charge in [0.05, 0.1) is 11.2 Å². The summed E-state index contributed by atoms with van der Waals surface area (Å²) in [7, 11) is 0. The molecule has 2 aromatic carbocycles. The molecular weight excluding hydrogens is 320 g/mol. The van der Waals surface area contributed by atoms with Gasteiger partial charge in [-0.3, -0.25) is 9.97 Å². The van der Waals surface area contributed by atoms with Crippen LogP contribution >= 0.6 is 0 Å². The fraction of sp³-hybridized carbons (Fsp3) is 0.0455. The fourth-order valence-electron chi connectivity index (χ4n) is 3.61. The number of aliphatic imine (C=N–C) groups is 1. The second-order valence-corrected chi connectivity index (χ2v) is 6.41. The van der Waals surface area contributed by atoms with Gasteiger partial charge >= 0.3 is 0 Å². The Kier molecular flexibility index (Phi) is 3.28. The number of nitrogens with two attached hydrogens (primary N) is 1. The maximum atomic E-state index is 5.96. The van der Waals surface area contributed by atoms with Crippen molar-refractivity contribution in [3.8, 4) is 22.3 Å². The van der Waals surface area contributed by atoms with E-state index in [1.54, 1.807) is 0 Å². The number of aromatic nitrogens is 2.